The summed E-state index contributed by atoms with van der Waals surface area (Å²) in [5.74, 6) is -1.09. The van der Waals surface area contributed by atoms with Crippen molar-refractivity contribution >= 4 is 22.4 Å². The molecule has 6 heteroatoms. The third-order valence-electron chi connectivity index (χ3n) is 2.78. The van der Waals surface area contributed by atoms with Crippen molar-refractivity contribution < 1.29 is 13.4 Å². The molecule has 0 aliphatic heterocycles. The summed E-state index contributed by atoms with van der Waals surface area (Å²) in [6.45, 7) is 5.71. The topological polar surface area (TPSA) is 72.2 Å². The molecule has 1 atom stereocenters. The highest BCUT2D eigenvalue weighted by molar-refractivity contribution is 7.85. The molecular formula is C13H19FN2O2S. The second kappa shape index (κ2) is 6.14. The fourth-order valence-corrected chi connectivity index (χ4v) is 2.41. The molecule has 4 nitrogen and oxygen atoms in total. The number of rotatable bonds is 5. The van der Waals surface area contributed by atoms with Crippen LogP contribution in [-0.4, -0.2) is 21.4 Å². The monoisotopic (exact) mass is 286 g/mol. The Labute approximate surface area is 115 Å². The molecule has 0 fully saturated rings. The van der Waals surface area contributed by atoms with Gasteiger partial charge in [0.15, 0.2) is 0 Å². The van der Waals surface area contributed by atoms with Crippen LogP contribution in [0.4, 0.5) is 10.1 Å². The van der Waals surface area contributed by atoms with E-state index in [1.54, 1.807) is 0 Å². The number of anilines is 1. The van der Waals surface area contributed by atoms with Crippen molar-refractivity contribution in [1.29, 1.82) is 0 Å². The van der Waals surface area contributed by atoms with Gasteiger partial charge in [-0.3, -0.25) is 9.00 Å². The fraction of sp³-hybridized carbons (Fsp3) is 0.462. The summed E-state index contributed by atoms with van der Waals surface area (Å²) in [4.78, 5) is 12.0. The van der Waals surface area contributed by atoms with Crippen molar-refractivity contribution in [3.63, 3.8) is 0 Å². The highest BCUT2D eigenvalue weighted by Crippen LogP contribution is 2.15. The number of nitrogens with two attached hydrogens (primary N) is 1. The first-order valence-electron chi connectivity index (χ1n) is 5.99. The fourth-order valence-electron chi connectivity index (χ4n) is 1.42. The molecule has 0 spiro atoms. The van der Waals surface area contributed by atoms with E-state index >= 15 is 0 Å². The minimum absolute atomic E-state index is 0.192. The molecule has 0 aliphatic rings. The smallest absolute Gasteiger partial charge is 0.233 e. The maximum atomic E-state index is 13.1. The predicted octanol–water partition coefficient (Wildman–Crippen LogP) is 1.82. The molecular weight excluding hydrogens is 267 g/mol. The Morgan fingerprint density at radius 1 is 1.42 bits per heavy atom. The quantitative estimate of drug-likeness (QED) is 0.811. The normalized spacial score (nSPS) is 13.1. The van der Waals surface area contributed by atoms with Crippen molar-refractivity contribution in [2.75, 3.05) is 11.5 Å². The molecule has 3 N–H and O–H groups in total. The van der Waals surface area contributed by atoms with Gasteiger partial charge in [-0.1, -0.05) is 6.92 Å². The zero-order valence-corrected chi connectivity index (χ0v) is 12.1. The van der Waals surface area contributed by atoms with Gasteiger partial charge in [-0.2, -0.15) is 0 Å². The van der Waals surface area contributed by atoms with Crippen LogP contribution in [0.15, 0.2) is 23.1 Å². The van der Waals surface area contributed by atoms with Crippen LogP contribution in [0, 0.1) is 5.82 Å². The maximum absolute atomic E-state index is 13.1. The largest absolute Gasteiger partial charge is 0.399 e. The number of amides is 1. The maximum Gasteiger partial charge on any atom is 0.233 e. The predicted molar refractivity (Wildman–Crippen MR) is 74.6 cm³/mol. The highest BCUT2D eigenvalue weighted by Gasteiger charge is 2.20. The van der Waals surface area contributed by atoms with Crippen LogP contribution < -0.4 is 11.1 Å². The van der Waals surface area contributed by atoms with E-state index in [4.69, 9.17) is 5.73 Å². The van der Waals surface area contributed by atoms with E-state index in [0.29, 0.717) is 0 Å². The molecule has 0 aliphatic carbocycles. The van der Waals surface area contributed by atoms with Gasteiger partial charge in [0.25, 0.3) is 0 Å². The number of carbonyl (C=O) groups excluding carboxylic acids is 1. The third kappa shape index (κ3) is 4.98. The van der Waals surface area contributed by atoms with Crippen LogP contribution in [0.1, 0.15) is 27.2 Å². The lowest BCUT2D eigenvalue weighted by molar-refractivity contribution is -0.120. The molecule has 106 valence electrons. The minimum atomic E-state index is -1.60. The van der Waals surface area contributed by atoms with Gasteiger partial charge in [0.2, 0.25) is 5.91 Å². The molecule has 1 aromatic carbocycles. The lowest BCUT2D eigenvalue weighted by Crippen LogP contribution is -2.44. The van der Waals surface area contributed by atoms with Crippen molar-refractivity contribution in [3.8, 4) is 0 Å². The lowest BCUT2D eigenvalue weighted by atomic mass is 10.0. The summed E-state index contributed by atoms with van der Waals surface area (Å²) >= 11 is 0. The zero-order valence-electron chi connectivity index (χ0n) is 11.3. The molecule has 0 saturated carbocycles. The van der Waals surface area contributed by atoms with Crippen LogP contribution in [0.3, 0.4) is 0 Å². The summed E-state index contributed by atoms with van der Waals surface area (Å²) in [6.07, 6.45) is 0.762. The van der Waals surface area contributed by atoms with E-state index in [1.807, 2.05) is 20.8 Å². The van der Waals surface area contributed by atoms with Gasteiger partial charge in [0.1, 0.15) is 11.6 Å². The average molecular weight is 286 g/mol. The molecule has 1 rings (SSSR count). The van der Waals surface area contributed by atoms with E-state index < -0.39 is 16.6 Å². The number of nitrogens with one attached hydrogen (secondary N) is 1. The third-order valence-corrected chi connectivity index (χ3v) is 4.07. The number of carbonyl (C=O) groups is 1. The molecule has 1 aromatic rings. The standard InChI is InChI=1S/C13H19FN2O2S/c1-4-13(2,3)16-12(17)8-19(18)11-6-9(14)5-10(15)7-11/h5-7H,4,8,15H2,1-3H3,(H,16,17). The summed E-state index contributed by atoms with van der Waals surface area (Å²) < 4.78 is 25.1. The molecule has 19 heavy (non-hydrogen) atoms. The number of halogens is 1. The van der Waals surface area contributed by atoms with Crippen LogP contribution >= 0.6 is 0 Å². The van der Waals surface area contributed by atoms with Crippen LogP contribution in [0.5, 0.6) is 0 Å². The van der Waals surface area contributed by atoms with Crippen molar-refractivity contribution in [2.45, 2.75) is 37.6 Å². The van der Waals surface area contributed by atoms with Gasteiger partial charge in [-0.15, -0.1) is 0 Å². The minimum Gasteiger partial charge on any atom is -0.399 e. The Kier molecular flexibility index (Phi) is 5.05. The van der Waals surface area contributed by atoms with Crippen LogP contribution in [-0.2, 0) is 15.6 Å². The molecule has 0 aromatic heterocycles. The summed E-state index contributed by atoms with van der Waals surface area (Å²) in [7, 11) is -1.60. The Morgan fingerprint density at radius 3 is 2.58 bits per heavy atom. The number of hydrogen-bond donors (Lipinski definition) is 2. The van der Waals surface area contributed by atoms with E-state index in [0.717, 1.165) is 18.6 Å². The number of hydrogen-bond acceptors (Lipinski definition) is 3. The first-order chi connectivity index (χ1) is 8.73. The highest BCUT2D eigenvalue weighted by atomic mass is 32.2. The van der Waals surface area contributed by atoms with Crippen molar-refractivity contribution in [2.24, 2.45) is 0 Å². The van der Waals surface area contributed by atoms with Gasteiger partial charge in [-0.05, 0) is 38.5 Å². The van der Waals surface area contributed by atoms with Crippen LogP contribution in [0.2, 0.25) is 0 Å². The first kappa shape index (κ1) is 15.6. The first-order valence-corrected chi connectivity index (χ1v) is 7.31. The number of nitrogen functional groups attached to an aromatic ring is 1. The summed E-state index contributed by atoms with van der Waals surface area (Å²) in [6, 6.07) is 3.68. The lowest BCUT2D eigenvalue weighted by Gasteiger charge is -2.24. The van der Waals surface area contributed by atoms with Gasteiger partial charge in [0.05, 0.1) is 10.8 Å². The van der Waals surface area contributed by atoms with E-state index in [1.165, 1.54) is 6.07 Å². The molecule has 0 saturated heterocycles. The molecule has 1 amide bonds. The second-order valence-corrected chi connectivity index (χ2v) is 6.45. The Bertz CT molecular complexity index is 483. The average Bonchev–Trinajstić information content (AvgIpc) is 2.26. The Balaban J connectivity index is 2.72. The molecule has 1 unspecified atom stereocenters. The SMILES string of the molecule is CCC(C)(C)NC(=O)CS(=O)c1cc(N)cc(F)c1. The van der Waals surface area contributed by atoms with Gasteiger partial charge >= 0.3 is 0 Å². The van der Waals surface area contributed by atoms with Crippen LogP contribution in [0.25, 0.3) is 0 Å². The zero-order chi connectivity index (χ0) is 14.6. The summed E-state index contributed by atoms with van der Waals surface area (Å²) in [5, 5.41) is 2.78. The Hall–Kier alpha value is -1.43. The van der Waals surface area contributed by atoms with Crippen molar-refractivity contribution in [3.05, 3.63) is 24.0 Å². The van der Waals surface area contributed by atoms with E-state index in [9.17, 15) is 13.4 Å². The second-order valence-electron chi connectivity index (χ2n) is 5.00. The van der Waals surface area contributed by atoms with Crippen molar-refractivity contribution in [1.82, 2.24) is 5.32 Å². The molecule has 0 heterocycles. The summed E-state index contributed by atoms with van der Waals surface area (Å²) in [5.41, 5.74) is 5.32. The van der Waals surface area contributed by atoms with E-state index in [-0.39, 0.29) is 27.8 Å². The van der Waals surface area contributed by atoms with E-state index in [2.05, 4.69) is 5.32 Å². The van der Waals surface area contributed by atoms with Gasteiger partial charge in [-0.25, -0.2) is 4.39 Å². The van der Waals surface area contributed by atoms with Gasteiger partial charge in [0, 0.05) is 16.1 Å². The molecule has 0 radical (unpaired) electrons. The number of benzene rings is 1. The Morgan fingerprint density at radius 2 is 2.05 bits per heavy atom. The molecule has 0 bridgehead atoms. The van der Waals surface area contributed by atoms with Gasteiger partial charge < -0.3 is 11.1 Å².